The summed E-state index contributed by atoms with van der Waals surface area (Å²) in [5, 5.41) is 35.7. The van der Waals surface area contributed by atoms with Gasteiger partial charge in [-0.25, -0.2) is 4.79 Å². The zero-order chi connectivity index (χ0) is 58.1. The quantitative estimate of drug-likeness (QED) is 0.0115. The summed E-state index contributed by atoms with van der Waals surface area (Å²) in [5.74, 6) is -4.08. The van der Waals surface area contributed by atoms with E-state index in [1.165, 1.54) is 25.5 Å². The van der Waals surface area contributed by atoms with Crippen LogP contribution in [-0.2, 0) is 56.2 Å². The Balaban J connectivity index is 0.000000219. The molecule has 2 aliphatic heterocycles. The summed E-state index contributed by atoms with van der Waals surface area (Å²) in [4.78, 5) is 81.6. The fourth-order valence-electron chi connectivity index (χ4n) is 9.65. The van der Waals surface area contributed by atoms with Gasteiger partial charge < -0.3 is 49.1 Å². The second kappa shape index (κ2) is 33.4. The van der Waals surface area contributed by atoms with Gasteiger partial charge in [0.05, 0.1) is 38.4 Å². The lowest BCUT2D eigenvalue weighted by Crippen LogP contribution is -2.40. The van der Waals surface area contributed by atoms with Gasteiger partial charge in [-0.1, -0.05) is 129 Å². The molecule has 19 heteroatoms. The number of nitrogens with zero attached hydrogens (tertiary/aromatic N) is 3. The van der Waals surface area contributed by atoms with Crippen molar-refractivity contribution in [2.24, 2.45) is 11.8 Å². The van der Waals surface area contributed by atoms with Gasteiger partial charge in [0, 0.05) is 65.2 Å². The molecule has 10 rings (SSSR count). The van der Waals surface area contributed by atoms with Crippen molar-refractivity contribution in [2.75, 3.05) is 24.4 Å². The van der Waals surface area contributed by atoms with Crippen LogP contribution >= 0.6 is 0 Å². The highest BCUT2D eigenvalue weighted by Crippen LogP contribution is 2.42. The number of carboxylic acids is 1. The summed E-state index contributed by atoms with van der Waals surface area (Å²) in [6.45, 7) is 2.10. The maximum absolute atomic E-state index is 13.3. The smallest absolute Gasteiger partial charge is 0.374 e. The van der Waals surface area contributed by atoms with Crippen LogP contribution in [0.4, 0.5) is 11.4 Å². The summed E-state index contributed by atoms with van der Waals surface area (Å²) in [7, 11) is 1.11. The molecule has 1 amide bonds. The van der Waals surface area contributed by atoms with Crippen molar-refractivity contribution in [1.29, 1.82) is 0 Å². The number of carbonyl (C=O) groups excluding carboxylic acids is 6. The lowest BCUT2D eigenvalue weighted by Gasteiger charge is -2.34. The van der Waals surface area contributed by atoms with Crippen molar-refractivity contribution in [2.45, 2.75) is 130 Å². The van der Waals surface area contributed by atoms with Gasteiger partial charge in [-0.05, 0) is 86.3 Å². The number of hydrogen-bond donors (Lipinski definition) is 4. The molecule has 4 aromatic carbocycles. The summed E-state index contributed by atoms with van der Waals surface area (Å²) in [5.41, 5.74) is 12.9. The third-order valence-electron chi connectivity index (χ3n) is 13.9. The molecular formula is C63H74N4O15. The molecule has 2 saturated heterocycles. The number of hydrogen-bond acceptors (Lipinski definition) is 17. The summed E-state index contributed by atoms with van der Waals surface area (Å²) < 4.78 is 25.1. The second-order valence-corrected chi connectivity index (χ2v) is 19.8. The second-order valence-electron chi connectivity index (χ2n) is 19.8. The van der Waals surface area contributed by atoms with E-state index in [0.717, 1.165) is 119 Å². The van der Waals surface area contributed by atoms with E-state index < -0.39 is 47.7 Å². The molecule has 2 aliphatic carbocycles. The van der Waals surface area contributed by atoms with Crippen LogP contribution in [0.3, 0.4) is 0 Å². The highest BCUT2D eigenvalue weighted by Gasteiger charge is 2.49. The van der Waals surface area contributed by atoms with E-state index in [4.69, 9.17) is 34.2 Å². The fraction of sp³-hybridized carbons (Fsp3) is 0.381. The van der Waals surface area contributed by atoms with Gasteiger partial charge in [-0.2, -0.15) is 0 Å². The Morgan fingerprint density at radius 2 is 1.22 bits per heavy atom. The number of aromatic nitrogens is 2. The summed E-state index contributed by atoms with van der Waals surface area (Å²) in [6.07, 6.45) is 17.7. The van der Waals surface area contributed by atoms with E-state index in [-0.39, 0.29) is 37.6 Å². The van der Waals surface area contributed by atoms with Crippen molar-refractivity contribution in [3.63, 3.8) is 0 Å². The molecule has 4 fully saturated rings. The Hall–Kier alpha value is -8.39. The first-order chi connectivity index (χ1) is 39.2. The van der Waals surface area contributed by atoms with Crippen LogP contribution in [0, 0.1) is 11.8 Å². The number of methoxy groups -OCH3 is 1. The van der Waals surface area contributed by atoms with E-state index in [1.807, 2.05) is 42.5 Å². The molecule has 5 N–H and O–H groups in total. The largest absolute Gasteiger partial charge is 0.507 e. The number of benzene rings is 4. The first-order valence-electron chi connectivity index (χ1n) is 27.1. The van der Waals surface area contributed by atoms with Gasteiger partial charge in [0.15, 0.2) is 12.1 Å². The first kappa shape index (κ1) is 64.4. The molecule has 6 aromatic rings. The molecule has 0 spiro atoms. The molecule has 436 valence electrons. The van der Waals surface area contributed by atoms with Crippen LogP contribution in [0.25, 0.3) is 28.3 Å². The van der Waals surface area contributed by atoms with Gasteiger partial charge in [0.1, 0.15) is 36.0 Å². The number of ether oxygens (including phenoxy) is 3. The Morgan fingerprint density at radius 1 is 0.695 bits per heavy atom. The number of amides is 1. The molecule has 4 aliphatic rings. The van der Waals surface area contributed by atoms with Crippen LogP contribution in [0.15, 0.2) is 136 Å². The van der Waals surface area contributed by atoms with E-state index >= 15 is 0 Å². The minimum absolute atomic E-state index is 0. The molecule has 0 bridgehead atoms. The average Bonchev–Trinajstić information content (AvgIpc) is 4.42. The lowest BCUT2D eigenvalue weighted by atomic mass is 9.80. The minimum atomic E-state index is -1.00. The van der Waals surface area contributed by atoms with Gasteiger partial charge in [-0.3, -0.25) is 28.9 Å². The molecule has 19 nitrogen and oxygen atoms in total. The minimum Gasteiger partial charge on any atom is -0.507 e. The van der Waals surface area contributed by atoms with Crippen molar-refractivity contribution < 1.29 is 72.1 Å². The van der Waals surface area contributed by atoms with Gasteiger partial charge >= 0.3 is 5.97 Å². The number of aliphatic hydroxyl groups excluding tert-OH is 2. The topological polar surface area (TPSA) is 289 Å². The third-order valence-corrected chi connectivity index (χ3v) is 13.9. The number of nitrogens with two attached hydrogens (primary N) is 1. The standard InChI is InChI=1S/C27H26N2O5.C17H20O6.C9H8N2O.C7H12O.C2H4O2.CH4/c30-16-17-6-8-20(9-7-17)25(31)23-24(19-4-2-1-3-5-19)29(27(33)26(23)32)21-12-10-18(11-13-21)22-14-15-34-28-22;1-21-17(20)15(19)10-14(18)13-7-5-12(6-8-13)11-23-16-4-2-3-9-22-16;10-8-3-1-7(2-4-8)9-5-6-12-11-9;8-6-7-4-2-1-3-5-7;1-2(3)4;/h6-15,19,24,30-31H,1-5,16H2;5-8,16H,2-4,9-11H2,1H3;1-6H,10H2;6-7H,1-5H2;1H3,(H,3,4);1H4. The van der Waals surface area contributed by atoms with Crippen molar-refractivity contribution >= 4 is 58.6 Å². The number of aldehydes is 1. The molecule has 82 heavy (non-hydrogen) atoms. The number of aliphatic hydroxyl groups is 2. The first-order valence-corrected chi connectivity index (χ1v) is 27.1. The number of rotatable bonds is 14. The molecule has 2 atom stereocenters. The fourth-order valence-corrected chi connectivity index (χ4v) is 9.65. The van der Waals surface area contributed by atoms with Crippen LogP contribution < -0.4 is 10.6 Å². The van der Waals surface area contributed by atoms with Crippen molar-refractivity contribution in [3.05, 3.63) is 150 Å². The van der Waals surface area contributed by atoms with Crippen molar-refractivity contribution in [3.8, 4) is 22.5 Å². The third kappa shape index (κ3) is 19.1. The number of nitrogen functional groups attached to an aromatic ring is 1. The predicted octanol–water partition coefficient (Wildman–Crippen LogP) is 11.1. The van der Waals surface area contributed by atoms with Gasteiger partial charge in [0.25, 0.3) is 17.7 Å². The van der Waals surface area contributed by atoms with E-state index in [0.29, 0.717) is 40.6 Å². The summed E-state index contributed by atoms with van der Waals surface area (Å²) >= 11 is 0. The molecular weight excluding hydrogens is 1050 g/mol. The molecule has 2 unspecified atom stereocenters. The number of esters is 1. The maximum atomic E-state index is 13.3. The Kier molecular flexibility index (Phi) is 26.2. The van der Waals surface area contributed by atoms with Gasteiger partial charge in [-0.15, -0.1) is 0 Å². The van der Waals surface area contributed by atoms with Crippen LogP contribution in [0.1, 0.15) is 131 Å². The van der Waals surface area contributed by atoms with Crippen LogP contribution in [0.2, 0.25) is 0 Å². The lowest BCUT2D eigenvalue weighted by molar-refractivity contribution is -0.168. The van der Waals surface area contributed by atoms with Crippen molar-refractivity contribution in [1.82, 2.24) is 10.3 Å². The number of carbonyl (C=O) groups is 7. The Morgan fingerprint density at radius 3 is 1.71 bits per heavy atom. The van der Waals surface area contributed by atoms with E-state index in [9.17, 15) is 39.0 Å². The number of aliphatic carboxylic acids is 1. The number of Topliss-reactive ketones (excluding diaryl/α,β-unsaturated/α-hetero) is 3. The number of anilines is 2. The highest BCUT2D eigenvalue weighted by atomic mass is 16.7. The molecule has 2 saturated carbocycles. The average molecular weight is 1130 g/mol. The highest BCUT2D eigenvalue weighted by molar-refractivity contribution is 6.52. The molecule has 4 heterocycles. The molecule has 0 radical (unpaired) electrons. The number of carboxylic acid groups (broad SMARTS) is 1. The predicted molar refractivity (Wildman–Crippen MR) is 307 cm³/mol. The normalized spacial score (nSPS) is 17.5. The Labute approximate surface area is 477 Å². The zero-order valence-corrected chi connectivity index (χ0v) is 45.6. The Bertz CT molecular complexity index is 2970. The monoisotopic (exact) mass is 1130 g/mol. The van der Waals surface area contributed by atoms with E-state index in [1.54, 1.807) is 77.9 Å². The van der Waals surface area contributed by atoms with Crippen LogP contribution in [-0.4, -0.2) is 93.2 Å². The maximum Gasteiger partial charge on any atom is 0.374 e. The number of ketones is 3. The SMILES string of the molecule is C.CC(=O)O.COC(=O)C(=O)CC(=O)c1ccc(COC2CCCCO2)cc1.Nc1ccc(-c2ccon2)cc1.O=C1C(=O)N(c2ccc(-c3ccon3)cc2)C(C2CCCCC2)C1=C(O)c1ccc(CO)cc1.O=CC1CCCCC1. The summed E-state index contributed by atoms with van der Waals surface area (Å²) in [6, 6.07) is 31.3. The molecule has 2 aromatic heterocycles. The van der Waals surface area contributed by atoms with E-state index in [2.05, 4.69) is 15.1 Å². The van der Waals surface area contributed by atoms with Crippen LogP contribution in [0.5, 0.6) is 0 Å². The van der Waals surface area contributed by atoms with Gasteiger partial charge in [0.2, 0.25) is 5.78 Å². The zero-order valence-electron chi connectivity index (χ0n) is 45.6.